The molecule has 1 aromatic heterocycles. The summed E-state index contributed by atoms with van der Waals surface area (Å²) in [5.41, 5.74) is 1.04. The van der Waals surface area contributed by atoms with Gasteiger partial charge in [-0.3, -0.25) is 4.79 Å². The Bertz CT molecular complexity index is 476. The highest BCUT2D eigenvalue weighted by atomic mass is 79.9. The van der Waals surface area contributed by atoms with Gasteiger partial charge in [-0.2, -0.15) is 0 Å². The van der Waals surface area contributed by atoms with E-state index >= 15 is 0 Å². The van der Waals surface area contributed by atoms with Crippen LogP contribution < -0.4 is 5.32 Å². The van der Waals surface area contributed by atoms with Crippen molar-refractivity contribution >= 4 is 39.3 Å². The molecule has 1 unspecified atom stereocenters. The number of aliphatic carboxylic acids is 1. The Labute approximate surface area is 131 Å². The van der Waals surface area contributed by atoms with Gasteiger partial charge in [-0.25, -0.2) is 4.79 Å². The van der Waals surface area contributed by atoms with E-state index in [9.17, 15) is 9.59 Å². The number of amides is 2. The molecule has 0 radical (unpaired) electrons. The summed E-state index contributed by atoms with van der Waals surface area (Å²) in [7, 11) is 1.69. The number of nitrogens with zero attached hydrogens (tertiary/aromatic N) is 1. The molecule has 20 heavy (non-hydrogen) atoms. The minimum absolute atomic E-state index is 0.0223. The molecule has 0 fully saturated rings. The Morgan fingerprint density at radius 2 is 2.15 bits per heavy atom. The first kappa shape index (κ1) is 17.0. The van der Waals surface area contributed by atoms with Crippen molar-refractivity contribution in [1.29, 1.82) is 0 Å². The number of thiophene rings is 1. The Morgan fingerprint density at radius 3 is 2.60 bits per heavy atom. The van der Waals surface area contributed by atoms with Crippen molar-refractivity contribution in [2.24, 2.45) is 11.8 Å². The maximum Gasteiger partial charge on any atom is 0.317 e. The van der Waals surface area contributed by atoms with E-state index in [1.807, 2.05) is 25.3 Å². The Morgan fingerprint density at radius 1 is 1.50 bits per heavy atom. The molecule has 2 N–H and O–H groups in total. The molecule has 1 rings (SSSR count). The lowest BCUT2D eigenvalue weighted by molar-refractivity contribution is -0.142. The lowest BCUT2D eigenvalue weighted by atomic mass is 9.96. The van der Waals surface area contributed by atoms with E-state index in [0.717, 1.165) is 9.35 Å². The van der Waals surface area contributed by atoms with Crippen LogP contribution in [0.3, 0.4) is 0 Å². The fourth-order valence-corrected chi connectivity index (χ4v) is 2.92. The van der Waals surface area contributed by atoms with E-state index in [-0.39, 0.29) is 18.5 Å². The zero-order valence-electron chi connectivity index (χ0n) is 11.7. The average molecular weight is 363 g/mol. The van der Waals surface area contributed by atoms with Gasteiger partial charge in [-0.15, -0.1) is 11.3 Å². The number of urea groups is 1. The molecule has 0 aliphatic heterocycles. The third-order valence-electron chi connectivity index (χ3n) is 2.98. The third kappa shape index (κ3) is 5.13. The zero-order chi connectivity index (χ0) is 15.3. The second-order valence-electron chi connectivity index (χ2n) is 4.99. The predicted octanol–water partition coefficient (Wildman–Crippen LogP) is 3.01. The summed E-state index contributed by atoms with van der Waals surface area (Å²) in [4.78, 5) is 24.5. The van der Waals surface area contributed by atoms with Gasteiger partial charge in [0.1, 0.15) is 0 Å². The van der Waals surface area contributed by atoms with Gasteiger partial charge < -0.3 is 15.3 Å². The molecule has 1 heterocycles. The summed E-state index contributed by atoms with van der Waals surface area (Å²) >= 11 is 4.94. The average Bonchev–Trinajstić information content (AvgIpc) is 2.73. The molecular weight excluding hydrogens is 344 g/mol. The lowest BCUT2D eigenvalue weighted by Gasteiger charge is -2.21. The normalized spacial score (nSPS) is 12.2. The van der Waals surface area contributed by atoms with Crippen LogP contribution >= 0.6 is 27.3 Å². The van der Waals surface area contributed by atoms with Crippen LogP contribution in [0.25, 0.3) is 0 Å². The van der Waals surface area contributed by atoms with Gasteiger partial charge in [0.05, 0.1) is 9.70 Å². The fraction of sp³-hybridized carbons (Fsp3) is 0.538. The van der Waals surface area contributed by atoms with Crippen molar-refractivity contribution in [3.63, 3.8) is 0 Å². The minimum Gasteiger partial charge on any atom is -0.481 e. The molecule has 1 atom stereocenters. The summed E-state index contributed by atoms with van der Waals surface area (Å²) < 4.78 is 1.02. The van der Waals surface area contributed by atoms with Crippen molar-refractivity contribution in [1.82, 2.24) is 10.2 Å². The topological polar surface area (TPSA) is 69.6 Å². The largest absolute Gasteiger partial charge is 0.481 e. The second-order valence-corrected chi connectivity index (χ2v) is 7.28. The highest BCUT2D eigenvalue weighted by Gasteiger charge is 2.22. The quantitative estimate of drug-likeness (QED) is 0.816. The highest BCUT2D eigenvalue weighted by molar-refractivity contribution is 9.11. The van der Waals surface area contributed by atoms with Crippen LogP contribution in [-0.4, -0.2) is 35.6 Å². The van der Waals surface area contributed by atoms with Crippen molar-refractivity contribution in [3.05, 3.63) is 20.8 Å². The first-order valence-electron chi connectivity index (χ1n) is 6.26. The van der Waals surface area contributed by atoms with Crippen molar-refractivity contribution < 1.29 is 14.7 Å². The van der Waals surface area contributed by atoms with Gasteiger partial charge >= 0.3 is 12.0 Å². The number of carbonyl (C=O) groups excluding carboxylic acids is 1. The van der Waals surface area contributed by atoms with Crippen LogP contribution in [0.1, 0.15) is 19.4 Å². The Hall–Kier alpha value is -1.08. The maximum absolute atomic E-state index is 11.9. The molecule has 0 aliphatic rings. The number of carbonyl (C=O) groups is 2. The second kappa shape index (κ2) is 7.64. The van der Waals surface area contributed by atoms with E-state index in [0.29, 0.717) is 6.54 Å². The summed E-state index contributed by atoms with van der Waals surface area (Å²) in [6.45, 7) is 4.30. The number of hydrogen-bond donors (Lipinski definition) is 2. The van der Waals surface area contributed by atoms with Crippen molar-refractivity contribution in [2.45, 2.75) is 20.4 Å². The van der Waals surface area contributed by atoms with E-state index in [2.05, 4.69) is 21.2 Å². The Balaban J connectivity index is 2.47. The molecule has 112 valence electrons. The van der Waals surface area contributed by atoms with Crippen molar-refractivity contribution in [2.75, 3.05) is 13.6 Å². The molecule has 0 aromatic carbocycles. The smallest absolute Gasteiger partial charge is 0.317 e. The molecule has 0 saturated carbocycles. The predicted molar refractivity (Wildman–Crippen MR) is 82.8 cm³/mol. The number of nitrogens with one attached hydrogen (secondary N) is 1. The van der Waals surface area contributed by atoms with Gasteiger partial charge in [-0.1, -0.05) is 13.8 Å². The standard InChI is InChI=1S/C13H19BrN2O3S/c1-8(2)10(12(17)18)5-15-13(19)16(3)6-9-4-11(14)20-7-9/h4,7-8,10H,5-6H2,1-3H3,(H,15,19)(H,17,18). The van der Waals surface area contributed by atoms with E-state index in [4.69, 9.17) is 5.11 Å². The molecule has 2 amide bonds. The maximum atomic E-state index is 11.9. The van der Waals surface area contributed by atoms with E-state index in [1.54, 1.807) is 18.4 Å². The number of halogens is 1. The van der Waals surface area contributed by atoms with Crippen LogP contribution in [0.15, 0.2) is 15.2 Å². The molecule has 0 aliphatic carbocycles. The van der Waals surface area contributed by atoms with Crippen LogP contribution in [0.4, 0.5) is 4.79 Å². The van der Waals surface area contributed by atoms with E-state index in [1.165, 1.54) is 4.90 Å². The summed E-state index contributed by atoms with van der Waals surface area (Å²) in [6.07, 6.45) is 0. The van der Waals surface area contributed by atoms with Crippen LogP contribution in [0, 0.1) is 11.8 Å². The van der Waals surface area contributed by atoms with Crippen LogP contribution in [-0.2, 0) is 11.3 Å². The number of carboxylic acids is 1. The molecule has 1 aromatic rings. The first-order valence-corrected chi connectivity index (χ1v) is 7.93. The molecule has 0 saturated heterocycles. The molecule has 0 spiro atoms. The van der Waals surface area contributed by atoms with E-state index < -0.39 is 11.9 Å². The van der Waals surface area contributed by atoms with Gasteiger partial charge in [0.2, 0.25) is 0 Å². The number of hydrogen-bond acceptors (Lipinski definition) is 3. The number of rotatable bonds is 6. The third-order valence-corrected chi connectivity index (χ3v) is 4.54. The van der Waals surface area contributed by atoms with Gasteiger partial charge in [0.25, 0.3) is 0 Å². The minimum atomic E-state index is -0.885. The summed E-state index contributed by atoms with van der Waals surface area (Å²) in [5, 5.41) is 13.7. The van der Waals surface area contributed by atoms with Crippen LogP contribution in [0.5, 0.6) is 0 Å². The fourth-order valence-electron chi connectivity index (χ4n) is 1.71. The molecule has 0 bridgehead atoms. The lowest BCUT2D eigenvalue weighted by Crippen LogP contribution is -2.41. The van der Waals surface area contributed by atoms with Crippen molar-refractivity contribution in [3.8, 4) is 0 Å². The summed E-state index contributed by atoms with van der Waals surface area (Å²) in [6, 6.07) is 1.70. The van der Waals surface area contributed by atoms with Gasteiger partial charge in [0, 0.05) is 20.1 Å². The van der Waals surface area contributed by atoms with Crippen LogP contribution in [0.2, 0.25) is 0 Å². The Kier molecular flexibility index (Phi) is 6.48. The number of carboxylic acid groups (broad SMARTS) is 1. The first-order chi connectivity index (χ1) is 9.31. The monoisotopic (exact) mass is 362 g/mol. The SMILES string of the molecule is CC(C)C(CNC(=O)N(C)Cc1csc(Br)c1)C(=O)O. The molecule has 7 heteroatoms. The van der Waals surface area contributed by atoms with Gasteiger partial charge in [0.15, 0.2) is 0 Å². The molecule has 5 nitrogen and oxygen atoms in total. The zero-order valence-corrected chi connectivity index (χ0v) is 14.1. The summed E-state index contributed by atoms with van der Waals surface area (Å²) in [5.74, 6) is -1.47. The van der Waals surface area contributed by atoms with Gasteiger partial charge in [-0.05, 0) is 38.9 Å². The highest BCUT2D eigenvalue weighted by Crippen LogP contribution is 2.21. The molecular formula is C13H19BrN2O3S.